The molecule has 0 aliphatic heterocycles. The highest BCUT2D eigenvalue weighted by molar-refractivity contribution is 5.40. The molecule has 2 heteroatoms. The minimum atomic E-state index is -0.495. The van der Waals surface area contributed by atoms with E-state index in [9.17, 15) is 10.2 Å². The summed E-state index contributed by atoms with van der Waals surface area (Å²) in [6.45, 7) is 12.4. The summed E-state index contributed by atoms with van der Waals surface area (Å²) >= 11 is 0. The van der Waals surface area contributed by atoms with Crippen LogP contribution >= 0.6 is 0 Å². The number of hydrogen-bond acceptors (Lipinski definition) is 2. The van der Waals surface area contributed by atoms with Gasteiger partial charge >= 0.3 is 0 Å². The number of benzene rings is 2. The summed E-state index contributed by atoms with van der Waals surface area (Å²) in [5.74, 6) is 0. The third-order valence-corrected chi connectivity index (χ3v) is 5.74. The number of hydrogen-bond donors (Lipinski definition) is 2. The van der Waals surface area contributed by atoms with Crippen molar-refractivity contribution in [3.05, 3.63) is 71.8 Å². The van der Waals surface area contributed by atoms with Gasteiger partial charge in [-0.15, -0.1) is 0 Å². The largest absolute Gasteiger partial charge is 0.393 e. The predicted molar refractivity (Wildman–Crippen MR) is 114 cm³/mol. The Bertz CT molecular complexity index is 629. The smallest absolute Gasteiger partial charge is 0.0600 e. The first-order chi connectivity index (χ1) is 12.5. The lowest BCUT2D eigenvalue weighted by atomic mass is 9.63. The summed E-state index contributed by atoms with van der Waals surface area (Å²) in [7, 11) is 0. The van der Waals surface area contributed by atoms with Crippen LogP contribution in [0, 0.1) is 10.8 Å². The molecule has 2 unspecified atom stereocenters. The van der Waals surface area contributed by atoms with Crippen molar-refractivity contribution < 1.29 is 10.2 Å². The molecule has 2 aromatic rings. The van der Waals surface area contributed by atoms with Crippen molar-refractivity contribution >= 4 is 0 Å². The van der Waals surface area contributed by atoms with Crippen LogP contribution in [0.2, 0.25) is 0 Å². The fraction of sp³-hybridized carbons (Fsp3) is 0.520. The maximum absolute atomic E-state index is 11.1. The van der Waals surface area contributed by atoms with E-state index in [-0.39, 0.29) is 10.8 Å². The van der Waals surface area contributed by atoms with Gasteiger partial charge in [0.1, 0.15) is 0 Å². The van der Waals surface area contributed by atoms with Crippen molar-refractivity contribution in [1.29, 1.82) is 0 Å². The van der Waals surface area contributed by atoms with Gasteiger partial charge < -0.3 is 10.2 Å². The molecule has 2 atom stereocenters. The van der Waals surface area contributed by atoms with Crippen LogP contribution in [0.1, 0.15) is 65.5 Å². The van der Waals surface area contributed by atoms with Gasteiger partial charge in [-0.2, -0.15) is 0 Å². The Labute approximate surface area is 165 Å². The highest BCUT2D eigenvalue weighted by Crippen LogP contribution is 2.45. The lowest BCUT2D eigenvalue weighted by Gasteiger charge is -2.43. The molecule has 2 aromatic carbocycles. The number of aliphatic hydroxyl groups is 2. The Morgan fingerprint density at radius 3 is 1.15 bits per heavy atom. The molecule has 0 bridgehead atoms. The molecule has 0 saturated carbocycles. The Morgan fingerprint density at radius 2 is 0.889 bits per heavy atom. The Morgan fingerprint density at radius 1 is 0.593 bits per heavy atom. The molecule has 0 aliphatic rings. The molecule has 0 fully saturated rings. The molecule has 2 N–H and O–H groups in total. The van der Waals surface area contributed by atoms with Crippen molar-refractivity contribution in [3.8, 4) is 0 Å². The van der Waals surface area contributed by atoms with Crippen LogP contribution in [0.15, 0.2) is 60.7 Å². The minimum absolute atomic E-state index is 0.235. The van der Waals surface area contributed by atoms with Crippen LogP contribution in [0.4, 0.5) is 0 Å². The van der Waals surface area contributed by atoms with Gasteiger partial charge in [-0.05, 0) is 34.8 Å². The molecule has 0 aromatic heterocycles. The Kier molecular flexibility index (Phi) is 6.55. The minimum Gasteiger partial charge on any atom is -0.393 e. The molecule has 0 saturated heterocycles. The van der Waals surface area contributed by atoms with Gasteiger partial charge in [-0.1, -0.05) is 102 Å². The highest BCUT2D eigenvalue weighted by Gasteiger charge is 2.42. The van der Waals surface area contributed by atoms with Crippen LogP contribution < -0.4 is 0 Å². The predicted octanol–water partition coefficient (Wildman–Crippen LogP) is 5.57. The van der Waals surface area contributed by atoms with Gasteiger partial charge in [-0.25, -0.2) is 0 Å². The third-order valence-electron chi connectivity index (χ3n) is 5.74. The van der Waals surface area contributed by atoms with Gasteiger partial charge in [0.05, 0.1) is 12.2 Å². The van der Waals surface area contributed by atoms with E-state index in [1.54, 1.807) is 0 Å². The van der Waals surface area contributed by atoms with Crippen molar-refractivity contribution in [2.75, 3.05) is 0 Å². The summed E-state index contributed by atoms with van der Waals surface area (Å²) in [5, 5.41) is 22.2. The topological polar surface area (TPSA) is 40.5 Å². The van der Waals surface area contributed by atoms with Crippen molar-refractivity contribution in [2.24, 2.45) is 10.8 Å². The third kappa shape index (κ3) is 5.21. The average molecular weight is 369 g/mol. The zero-order valence-electron chi connectivity index (χ0n) is 17.7. The standard InChI is InChI=1S/C25H36O2/c1-23(2,3)21(26)17-25(18-22(27)24(4,5)6,19-13-9-7-10-14-19)20-15-11-8-12-16-20/h7-16,21-22,26-27H,17-18H2,1-6H3. The van der Waals surface area contributed by atoms with E-state index >= 15 is 0 Å². The molecule has 148 valence electrons. The second kappa shape index (κ2) is 8.16. The van der Waals surface area contributed by atoms with Crippen molar-refractivity contribution in [3.63, 3.8) is 0 Å². The van der Waals surface area contributed by atoms with E-state index in [1.165, 1.54) is 0 Å². The molecular weight excluding hydrogens is 332 g/mol. The van der Waals surface area contributed by atoms with E-state index in [0.29, 0.717) is 12.8 Å². The highest BCUT2D eigenvalue weighted by atomic mass is 16.3. The molecule has 0 aliphatic carbocycles. The Hall–Kier alpha value is -1.64. The first-order valence-electron chi connectivity index (χ1n) is 9.94. The van der Waals surface area contributed by atoms with Crippen LogP contribution in [0.25, 0.3) is 0 Å². The van der Waals surface area contributed by atoms with Crippen LogP contribution in [0.3, 0.4) is 0 Å². The van der Waals surface area contributed by atoms with Crippen LogP contribution in [-0.2, 0) is 5.41 Å². The van der Waals surface area contributed by atoms with Gasteiger partial charge in [0.2, 0.25) is 0 Å². The van der Waals surface area contributed by atoms with Gasteiger partial charge in [0, 0.05) is 5.41 Å². The molecule has 0 amide bonds. The average Bonchev–Trinajstić information content (AvgIpc) is 2.60. The SMILES string of the molecule is CC(C)(C)C(O)CC(CC(O)C(C)(C)C)(c1ccccc1)c1ccccc1. The molecule has 0 radical (unpaired) electrons. The lowest BCUT2D eigenvalue weighted by Crippen LogP contribution is -2.42. The first kappa shape index (κ1) is 21.7. The number of rotatable bonds is 6. The van der Waals surface area contributed by atoms with E-state index in [0.717, 1.165) is 11.1 Å². The van der Waals surface area contributed by atoms with Gasteiger partial charge in [-0.3, -0.25) is 0 Å². The van der Waals surface area contributed by atoms with Crippen molar-refractivity contribution in [1.82, 2.24) is 0 Å². The van der Waals surface area contributed by atoms with Gasteiger partial charge in [0.25, 0.3) is 0 Å². The first-order valence-corrected chi connectivity index (χ1v) is 9.94. The monoisotopic (exact) mass is 368 g/mol. The van der Waals surface area contributed by atoms with E-state index in [2.05, 4.69) is 65.8 Å². The van der Waals surface area contributed by atoms with Crippen molar-refractivity contribution in [2.45, 2.75) is 72.0 Å². The summed E-state index contributed by atoms with van der Waals surface area (Å²) in [4.78, 5) is 0. The maximum atomic E-state index is 11.1. The van der Waals surface area contributed by atoms with Crippen LogP contribution in [-0.4, -0.2) is 22.4 Å². The molecule has 27 heavy (non-hydrogen) atoms. The maximum Gasteiger partial charge on any atom is 0.0600 e. The zero-order valence-corrected chi connectivity index (χ0v) is 17.7. The lowest BCUT2D eigenvalue weighted by molar-refractivity contribution is 0.00688. The molecule has 0 spiro atoms. The summed E-state index contributed by atoms with van der Waals surface area (Å²) in [5.41, 5.74) is 1.36. The second-order valence-electron chi connectivity index (χ2n) is 9.99. The normalized spacial score (nSPS) is 15.4. The Balaban J connectivity index is 2.65. The van der Waals surface area contributed by atoms with E-state index in [1.807, 2.05) is 36.4 Å². The summed E-state index contributed by atoms with van der Waals surface area (Å²) in [6, 6.07) is 20.7. The van der Waals surface area contributed by atoms with Crippen LogP contribution in [0.5, 0.6) is 0 Å². The molecule has 0 heterocycles. The fourth-order valence-electron chi connectivity index (χ4n) is 3.51. The quantitative estimate of drug-likeness (QED) is 0.700. The van der Waals surface area contributed by atoms with E-state index in [4.69, 9.17) is 0 Å². The zero-order chi connectivity index (χ0) is 20.3. The fourth-order valence-corrected chi connectivity index (χ4v) is 3.51. The number of aliphatic hydroxyl groups excluding tert-OH is 2. The molecule has 2 nitrogen and oxygen atoms in total. The summed E-state index contributed by atoms with van der Waals surface area (Å²) in [6.07, 6.45) is 0.144. The van der Waals surface area contributed by atoms with Gasteiger partial charge in [0.15, 0.2) is 0 Å². The summed E-state index contributed by atoms with van der Waals surface area (Å²) < 4.78 is 0. The second-order valence-corrected chi connectivity index (χ2v) is 9.99. The van der Waals surface area contributed by atoms with E-state index < -0.39 is 17.6 Å². The molecular formula is C25H36O2. The molecule has 2 rings (SSSR count).